The van der Waals surface area contributed by atoms with Gasteiger partial charge in [-0.05, 0) is 45.1 Å². The van der Waals surface area contributed by atoms with Crippen LogP contribution in [0.4, 0.5) is 0 Å². The van der Waals surface area contributed by atoms with Gasteiger partial charge < -0.3 is 9.84 Å². The third-order valence-corrected chi connectivity index (χ3v) is 7.01. The van der Waals surface area contributed by atoms with Gasteiger partial charge in [0.25, 0.3) is 0 Å². The number of thiocarbonyl (C=S) groups is 1. The van der Waals surface area contributed by atoms with Crippen LogP contribution in [0.15, 0.2) is 24.3 Å². The molecule has 9 heteroatoms. The zero-order chi connectivity index (χ0) is 22.1. The van der Waals surface area contributed by atoms with Crippen molar-refractivity contribution in [3.8, 4) is 17.9 Å². The number of rotatable bonds is 10. The molecule has 0 radical (unpaired) electrons. The fraction of sp³-hybridized carbons (Fsp3) is 0.450. The molecule has 0 aliphatic carbocycles. The summed E-state index contributed by atoms with van der Waals surface area (Å²) in [5.41, 5.74) is 0.609. The maximum atomic E-state index is 12.1. The molecule has 29 heavy (non-hydrogen) atoms. The Morgan fingerprint density at radius 1 is 1.17 bits per heavy atom. The predicted octanol–water partition coefficient (Wildman–Crippen LogP) is 4.57. The molecule has 1 aromatic rings. The molecule has 0 aliphatic rings. The van der Waals surface area contributed by atoms with Crippen molar-refractivity contribution in [1.82, 2.24) is 0 Å². The molecule has 0 aromatic heterocycles. The number of benzene rings is 1. The summed E-state index contributed by atoms with van der Waals surface area (Å²) in [7, 11) is 0. The van der Waals surface area contributed by atoms with Crippen molar-refractivity contribution in [3.63, 3.8) is 0 Å². The zero-order valence-corrected chi connectivity index (χ0v) is 18.9. The fourth-order valence-electron chi connectivity index (χ4n) is 2.15. The van der Waals surface area contributed by atoms with Gasteiger partial charge in [-0.1, -0.05) is 36.1 Å². The molecule has 1 N–H and O–H groups in total. The molecule has 0 heterocycles. The number of hydrogen-bond acceptors (Lipinski definition) is 8. The molecule has 0 saturated heterocycles. The highest BCUT2D eigenvalue weighted by molar-refractivity contribution is 8.24. The third-order valence-electron chi connectivity index (χ3n) is 4.17. The van der Waals surface area contributed by atoms with E-state index in [4.69, 9.17) is 22.1 Å². The highest BCUT2D eigenvalue weighted by Gasteiger charge is 2.28. The Bertz CT molecular complexity index is 862. The van der Waals surface area contributed by atoms with Crippen LogP contribution in [0.2, 0.25) is 0 Å². The number of nitrogens with zero attached hydrogens (tertiary/aromatic N) is 2. The molecule has 6 nitrogen and oxygen atoms in total. The van der Waals surface area contributed by atoms with Crippen LogP contribution in [-0.4, -0.2) is 37.0 Å². The maximum Gasteiger partial charge on any atom is 0.311 e. The van der Waals surface area contributed by atoms with Crippen molar-refractivity contribution in [2.75, 3.05) is 6.26 Å². The number of carboxylic acid groups (broad SMARTS) is 1. The molecule has 0 amide bonds. The van der Waals surface area contributed by atoms with E-state index >= 15 is 0 Å². The Hall–Kier alpha value is -2.07. The van der Waals surface area contributed by atoms with Crippen molar-refractivity contribution in [2.45, 2.75) is 49.0 Å². The number of carboxylic acids is 1. The topological polar surface area (TPSA) is 111 Å². The van der Waals surface area contributed by atoms with Crippen LogP contribution in [0.3, 0.4) is 0 Å². The van der Waals surface area contributed by atoms with Crippen molar-refractivity contribution < 1.29 is 19.4 Å². The first-order chi connectivity index (χ1) is 13.6. The van der Waals surface area contributed by atoms with Crippen LogP contribution in [0.5, 0.6) is 5.75 Å². The van der Waals surface area contributed by atoms with E-state index in [-0.39, 0.29) is 19.3 Å². The standard InChI is InChI=1S/C20H22N2O4S3/c1-19(12-21,28-3)10-8-17(25)26-15-6-4-5-14(11-15)18(27)29-20(2,13-22)9-7-16(23)24/h4-6,11H,7-10H2,1-3H3,(H,23,24). The molecule has 2 unspecified atom stereocenters. The lowest BCUT2D eigenvalue weighted by Gasteiger charge is -2.20. The first-order valence-electron chi connectivity index (χ1n) is 8.70. The van der Waals surface area contributed by atoms with Gasteiger partial charge in [-0.25, -0.2) is 0 Å². The molecular weight excluding hydrogens is 428 g/mol. The number of aliphatic carboxylic acids is 1. The quantitative estimate of drug-likeness (QED) is 0.311. The Morgan fingerprint density at radius 3 is 2.34 bits per heavy atom. The predicted molar refractivity (Wildman–Crippen MR) is 119 cm³/mol. The van der Waals surface area contributed by atoms with Crippen LogP contribution in [0.25, 0.3) is 0 Å². The van der Waals surface area contributed by atoms with E-state index in [1.54, 1.807) is 38.1 Å². The Labute approximate surface area is 184 Å². The first kappa shape index (κ1) is 25.0. The highest BCUT2D eigenvalue weighted by Crippen LogP contribution is 2.34. The molecule has 2 atom stereocenters. The average molecular weight is 451 g/mol. The van der Waals surface area contributed by atoms with E-state index in [1.807, 2.05) is 6.26 Å². The van der Waals surface area contributed by atoms with Crippen LogP contribution in [0, 0.1) is 22.7 Å². The fourth-order valence-corrected chi connectivity index (χ4v) is 4.13. The summed E-state index contributed by atoms with van der Waals surface area (Å²) >= 11 is 7.91. The minimum absolute atomic E-state index is 0.107. The van der Waals surface area contributed by atoms with Crippen molar-refractivity contribution in [2.24, 2.45) is 0 Å². The van der Waals surface area contributed by atoms with Crippen LogP contribution < -0.4 is 4.74 Å². The first-order valence-corrected chi connectivity index (χ1v) is 11.1. The van der Waals surface area contributed by atoms with E-state index in [2.05, 4.69) is 12.1 Å². The van der Waals surface area contributed by atoms with Crippen molar-refractivity contribution in [1.29, 1.82) is 10.5 Å². The van der Waals surface area contributed by atoms with Gasteiger partial charge in [0, 0.05) is 18.4 Å². The van der Waals surface area contributed by atoms with Crippen LogP contribution in [0.1, 0.15) is 45.1 Å². The molecule has 0 saturated carbocycles. The lowest BCUT2D eigenvalue weighted by atomic mass is 10.1. The van der Waals surface area contributed by atoms with Crippen molar-refractivity contribution in [3.05, 3.63) is 29.8 Å². The van der Waals surface area contributed by atoms with Gasteiger partial charge in [-0.2, -0.15) is 10.5 Å². The number of carbonyl (C=O) groups excluding carboxylic acids is 1. The molecule has 0 aliphatic heterocycles. The van der Waals surface area contributed by atoms with Gasteiger partial charge in [-0.15, -0.1) is 11.8 Å². The summed E-state index contributed by atoms with van der Waals surface area (Å²) in [6.45, 7) is 3.42. The lowest BCUT2D eigenvalue weighted by Crippen LogP contribution is -2.21. The zero-order valence-electron chi connectivity index (χ0n) is 16.4. The summed E-state index contributed by atoms with van der Waals surface area (Å²) in [4.78, 5) is 22.9. The normalized spacial score (nSPS) is 14.5. The molecule has 0 spiro atoms. The maximum absolute atomic E-state index is 12.1. The summed E-state index contributed by atoms with van der Waals surface area (Å²) in [6, 6.07) is 11.0. The van der Waals surface area contributed by atoms with E-state index in [9.17, 15) is 20.1 Å². The molecule has 0 bridgehead atoms. The van der Waals surface area contributed by atoms with Gasteiger partial charge >= 0.3 is 11.9 Å². The van der Waals surface area contributed by atoms with Gasteiger partial charge in [0.05, 0.1) is 21.1 Å². The van der Waals surface area contributed by atoms with E-state index in [1.165, 1.54) is 11.8 Å². The SMILES string of the molecule is CSC(C)(C#N)CCC(=O)Oc1cccc(C(=S)SC(C)(C#N)CCC(=O)O)c1. The number of nitriles is 2. The van der Waals surface area contributed by atoms with Gasteiger partial charge in [0.2, 0.25) is 0 Å². The monoisotopic (exact) mass is 450 g/mol. The molecule has 1 aromatic carbocycles. The summed E-state index contributed by atoms with van der Waals surface area (Å²) in [5.74, 6) is -1.09. The lowest BCUT2D eigenvalue weighted by molar-refractivity contribution is -0.137. The summed E-state index contributed by atoms with van der Waals surface area (Å²) in [6.07, 6.45) is 2.33. The number of thioether (sulfide) groups is 2. The van der Waals surface area contributed by atoms with Gasteiger partial charge in [-0.3, -0.25) is 9.59 Å². The largest absolute Gasteiger partial charge is 0.481 e. The molecule has 154 valence electrons. The van der Waals surface area contributed by atoms with Gasteiger partial charge in [0.15, 0.2) is 0 Å². The number of esters is 1. The second-order valence-electron chi connectivity index (χ2n) is 6.67. The molecule has 0 fully saturated rings. The third kappa shape index (κ3) is 8.45. The second-order valence-corrected chi connectivity index (χ2v) is 10.2. The summed E-state index contributed by atoms with van der Waals surface area (Å²) < 4.78 is 4.16. The van der Waals surface area contributed by atoms with Crippen molar-refractivity contribution >= 4 is 51.9 Å². The smallest absolute Gasteiger partial charge is 0.311 e. The molecular formula is C20H22N2O4S3. The van der Waals surface area contributed by atoms with Gasteiger partial charge in [0.1, 0.15) is 10.5 Å². The van der Waals surface area contributed by atoms with E-state index in [0.29, 0.717) is 21.9 Å². The Kier molecular flexibility index (Phi) is 9.64. The highest BCUT2D eigenvalue weighted by atomic mass is 32.2. The van der Waals surface area contributed by atoms with E-state index < -0.39 is 21.4 Å². The Balaban J connectivity index is 2.78. The second kappa shape index (κ2) is 11.2. The van der Waals surface area contributed by atoms with Crippen LogP contribution >= 0.6 is 35.7 Å². The minimum Gasteiger partial charge on any atom is -0.481 e. The minimum atomic E-state index is -0.971. The number of ether oxygens (including phenoxy) is 1. The molecule has 1 rings (SSSR count). The average Bonchev–Trinajstić information content (AvgIpc) is 2.70. The van der Waals surface area contributed by atoms with Crippen LogP contribution in [-0.2, 0) is 9.59 Å². The number of hydrogen-bond donors (Lipinski definition) is 1. The summed E-state index contributed by atoms with van der Waals surface area (Å²) in [5, 5.41) is 27.4. The Morgan fingerprint density at radius 2 is 1.79 bits per heavy atom. The van der Waals surface area contributed by atoms with E-state index in [0.717, 1.165) is 11.8 Å². The number of carbonyl (C=O) groups is 2.